The van der Waals surface area contributed by atoms with E-state index in [1.54, 1.807) is 12.7 Å². The van der Waals surface area contributed by atoms with Crippen molar-refractivity contribution in [1.29, 1.82) is 0 Å². The highest BCUT2D eigenvalue weighted by Gasteiger charge is 2.58. The summed E-state index contributed by atoms with van der Waals surface area (Å²) >= 11 is 0. The van der Waals surface area contributed by atoms with Gasteiger partial charge in [0.05, 0.1) is 32.2 Å². The summed E-state index contributed by atoms with van der Waals surface area (Å²) < 4.78 is 52.6. The molecule has 0 amide bonds. The Labute approximate surface area is 192 Å². The molecule has 182 valence electrons. The zero-order valence-corrected chi connectivity index (χ0v) is 20.5. The topological polar surface area (TPSA) is 80.3 Å². The molecule has 8 heteroatoms. The molecule has 0 bridgehead atoms. The Morgan fingerprint density at radius 3 is 2.62 bits per heavy atom. The molecule has 0 aromatic carbocycles. The Bertz CT molecular complexity index is 846. The Kier molecular flexibility index (Phi) is 6.25. The lowest BCUT2D eigenvalue weighted by molar-refractivity contribution is -0.168. The van der Waals surface area contributed by atoms with Crippen LogP contribution in [-0.2, 0) is 33.2 Å². The van der Waals surface area contributed by atoms with Gasteiger partial charge in [0.1, 0.15) is 6.79 Å². The van der Waals surface area contributed by atoms with Gasteiger partial charge < -0.3 is 18.9 Å². The Morgan fingerprint density at radius 2 is 1.91 bits per heavy atom. The van der Waals surface area contributed by atoms with Gasteiger partial charge in [0.2, 0.25) is 0 Å². The summed E-state index contributed by atoms with van der Waals surface area (Å²) in [6.07, 6.45) is 9.47. The van der Waals surface area contributed by atoms with Gasteiger partial charge in [-0.15, -0.1) is 0 Å². The van der Waals surface area contributed by atoms with E-state index in [1.165, 1.54) is 5.57 Å². The van der Waals surface area contributed by atoms with Gasteiger partial charge in [0.25, 0.3) is 10.1 Å². The number of rotatable bonds is 6. The molecule has 1 saturated heterocycles. The second-order valence-corrected chi connectivity index (χ2v) is 12.5. The maximum absolute atomic E-state index is 11.9. The monoisotopic (exact) mass is 470 g/mol. The van der Waals surface area contributed by atoms with E-state index in [0.29, 0.717) is 37.8 Å². The minimum absolute atomic E-state index is 0.106. The highest BCUT2D eigenvalue weighted by Crippen LogP contribution is 2.63. The van der Waals surface area contributed by atoms with Crippen LogP contribution in [-0.4, -0.2) is 60.3 Å². The molecule has 4 aliphatic carbocycles. The fourth-order valence-corrected chi connectivity index (χ4v) is 8.31. The summed E-state index contributed by atoms with van der Waals surface area (Å²) in [6.45, 7) is 4.31. The molecular formula is C24H38O7S. The van der Waals surface area contributed by atoms with Crippen molar-refractivity contribution in [1.82, 2.24) is 0 Å². The van der Waals surface area contributed by atoms with Crippen LogP contribution in [0.15, 0.2) is 11.1 Å². The molecule has 3 fully saturated rings. The summed E-state index contributed by atoms with van der Waals surface area (Å²) in [4.78, 5) is 0. The van der Waals surface area contributed by atoms with Crippen LogP contribution >= 0.6 is 0 Å². The standard InChI is InChI=1S/C24H38O7S/c1-23-8-6-19-18-7-9-24(29-10-11-30-24)13-16(18)12-17(14-31-32(3,25)26)22(19)20(23)4-5-21(23)28-15-27-2/h17,19-22H,4-15H2,1-3H3/t17-,19+,20-,21-,22+,23-/m0/s1. The highest BCUT2D eigenvalue weighted by molar-refractivity contribution is 7.85. The molecule has 0 unspecified atom stereocenters. The van der Waals surface area contributed by atoms with Crippen LogP contribution in [0.3, 0.4) is 0 Å². The Hall–Kier alpha value is -0.510. The molecule has 7 nitrogen and oxygen atoms in total. The first-order valence-electron chi connectivity index (χ1n) is 12.2. The zero-order chi connectivity index (χ0) is 22.6. The average molecular weight is 471 g/mol. The summed E-state index contributed by atoms with van der Waals surface area (Å²) in [5, 5.41) is 0. The van der Waals surface area contributed by atoms with E-state index in [2.05, 4.69) is 6.92 Å². The predicted octanol–water partition coefficient (Wildman–Crippen LogP) is 3.64. The largest absolute Gasteiger partial charge is 0.359 e. The third-order valence-electron chi connectivity index (χ3n) is 9.16. The molecule has 1 heterocycles. The van der Waals surface area contributed by atoms with Crippen LogP contribution in [0.25, 0.3) is 0 Å². The van der Waals surface area contributed by atoms with E-state index in [0.717, 1.165) is 57.6 Å². The van der Waals surface area contributed by atoms with Crippen LogP contribution in [0.2, 0.25) is 0 Å². The van der Waals surface area contributed by atoms with Crippen LogP contribution in [0.5, 0.6) is 0 Å². The second kappa shape index (κ2) is 8.61. The fourth-order valence-electron chi connectivity index (χ4n) is 7.89. The molecule has 5 aliphatic rings. The summed E-state index contributed by atoms with van der Waals surface area (Å²) in [5.41, 5.74) is 3.16. The van der Waals surface area contributed by atoms with Crippen molar-refractivity contribution in [3.05, 3.63) is 11.1 Å². The predicted molar refractivity (Wildman–Crippen MR) is 118 cm³/mol. The van der Waals surface area contributed by atoms with Crippen LogP contribution in [0.4, 0.5) is 0 Å². The molecule has 32 heavy (non-hydrogen) atoms. The minimum atomic E-state index is -3.48. The third kappa shape index (κ3) is 4.09. The van der Waals surface area contributed by atoms with Crippen LogP contribution < -0.4 is 0 Å². The van der Waals surface area contributed by atoms with Gasteiger partial charge in [-0.1, -0.05) is 18.1 Å². The van der Waals surface area contributed by atoms with Crippen molar-refractivity contribution in [2.75, 3.05) is 40.0 Å². The molecule has 6 atom stereocenters. The summed E-state index contributed by atoms with van der Waals surface area (Å²) in [6, 6.07) is 0. The van der Waals surface area contributed by atoms with Crippen molar-refractivity contribution >= 4 is 10.1 Å². The minimum Gasteiger partial charge on any atom is -0.359 e. The van der Waals surface area contributed by atoms with Crippen LogP contribution in [0, 0.1) is 29.1 Å². The Morgan fingerprint density at radius 1 is 1.12 bits per heavy atom. The molecule has 0 aromatic heterocycles. The number of hydrogen-bond acceptors (Lipinski definition) is 7. The van der Waals surface area contributed by atoms with Gasteiger partial charge in [-0.25, -0.2) is 0 Å². The second-order valence-electron chi connectivity index (χ2n) is 10.8. The lowest BCUT2D eigenvalue weighted by Gasteiger charge is -2.55. The number of methoxy groups -OCH3 is 1. The number of allylic oxidation sites excluding steroid dienone is 1. The van der Waals surface area contributed by atoms with Gasteiger partial charge in [-0.2, -0.15) is 8.42 Å². The zero-order valence-electron chi connectivity index (χ0n) is 19.6. The molecule has 0 aromatic rings. The Balaban J connectivity index is 1.44. The quantitative estimate of drug-likeness (QED) is 0.333. The van der Waals surface area contributed by atoms with Crippen molar-refractivity contribution in [2.24, 2.45) is 29.1 Å². The fraction of sp³-hybridized carbons (Fsp3) is 0.917. The van der Waals surface area contributed by atoms with Crippen molar-refractivity contribution in [3.8, 4) is 0 Å². The van der Waals surface area contributed by atoms with Crippen LogP contribution in [0.1, 0.15) is 58.3 Å². The van der Waals surface area contributed by atoms with E-state index < -0.39 is 15.9 Å². The van der Waals surface area contributed by atoms with Gasteiger partial charge >= 0.3 is 0 Å². The first-order valence-corrected chi connectivity index (χ1v) is 14.0. The van der Waals surface area contributed by atoms with E-state index in [1.807, 2.05) is 0 Å². The normalized spacial score (nSPS) is 40.9. The third-order valence-corrected chi connectivity index (χ3v) is 9.72. The summed E-state index contributed by atoms with van der Waals surface area (Å²) in [7, 11) is -1.81. The molecule has 0 N–H and O–H groups in total. The van der Waals surface area contributed by atoms with Gasteiger partial charge in [0.15, 0.2) is 5.79 Å². The first-order chi connectivity index (χ1) is 15.2. The number of hydrogen-bond donors (Lipinski definition) is 0. The van der Waals surface area contributed by atoms with E-state index in [4.69, 9.17) is 23.1 Å². The van der Waals surface area contributed by atoms with Crippen molar-refractivity contribution in [2.45, 2.75) is 70.2 Å². The van der Waals surface area contributed by atoms with Gasteiger partial charge in [-0.3, -0.25) is 4.18 Å². The maximum Gasteiger partial charge on any atom is 0.264 e. The molecule has 2 saturated carbocycles. The number of ether oxygens (including phenoxy) is 4. The first kappa shape index (κ1) is 23.2. The molecule has 1 aliphatic heterocycles. The van der Waals surface area contributed by atoms with Crippen molar-refractivity contribution < 1.29 is 31.5 Å². The molecule has 5 rings (SSSR count). The van der Waals surface area contributed by atoms with Crippen molar-refractivity contribution in [3.63, 3.8) is 0 Å². The SMILES string of the molecule is COCO[C@H]1CC[C@H]2[C@@H]3[C@H](COS(C)(=O)=O)CC4=C(CCC5(C4)OCCO5)[C@H]3CC[C@]12C. The van der Waals surface area contributed by atoms with E-state index in [-0.39, 0.29) is 24.0 Å². The molecule has 1 spiro atoms. The number of fused-ring (bicyclic) bond motifs is 4. The lowest BCUT2D eigenvalue weighted by Crippen LogP contribution is -2.50. The molecular weight excluding hydrogens is 432 g/mol. The smallest absolute Gasteiger partial charge is 0.264 e. The average Bonchev–Trinajstić information content (AvgIpc) is 3.33. The van der Waals surface area contributed by atoms with Gasteiger partial charge in [0, 0.05) is 20.0 Å². The van der Waals surface area contributed by atoms with E-state index in [9.17, 15) is 8.42 Å². The van der Waals surface area contributed by atoms with E-state index >= 15 is 0 Å². The lowest BCUT2D eigenvalue weighted by atomic mass is 9.51. The maximum atomic E-state index is 11.9. The molecule has 0 radical (unpaired) electrons. The van der Waals surface area contributed by atoms with Gasteiger partial charge in [-0.05, 0) is 67.6 Å². The summed E-state index contributed by atoms with van der Waals surface area (Å²) in [5.74, 6) is 1.19. The highest BCUT2D eigenvalue weighted by atomic mass is 32.2.